The van der Waals surface area contributed by atoms with Gasteiger partial charge < -0.3 is 29.2 Å². The highest BCUT2D eigenvalue weighted by molar-refractivity contribution is 5.86. The summed E-state index contributed by atoms with van der Waals surface area (Å²) in [6.45, 7) is 2.66. The Labute approximate surface area is 216 Å². The van der Waals surface area contributed by atoms with Crippen LogP contribution in [0.15, 0.2) is 54.6 Å². The van der Waals surface area contributed by atoms with E-state index in [0.29, 0.717) is 48.9 Å². The number of para-hydroxylation sites is 1. The molecule has 7 heteroatoms. The molecule has 2 aliphatic rings. The van der Waals surface area contributed by atoms with Gasteiger partial charge in [-0.1, -0.05) is 37.3 Å². The minimum atomic E-state index is -1.15. The summed E-state index contributed by atoms with van der Waals surface area (Å²) >= 11 is 0. The molecule has 0 spiro atoms. The zero-order valence-electron chi connectivity index (χ0n) is 21.2. The van der Waals surface area contributed by atoms with Gasteiger partial charge in [0.15, 0.2) is 11.5 Å². The van der Waals surface area contributed by atoms with Gasteiger partial charge in [0, 0.05) is 23.7 Å². The number of methoxy groups -OCH3 is 1. The number of benzene rings is 3. The number of carboxylic acids is 1. The van der Waals surface area contributed by atoms with Gasteiger partial charge in [0.1, 0.15) is 11.5 Å². The van der Waals surface area contributed by atoms with Gasteiger partial charge in [0.2, 0.25) is 6.79 Å². The van der Waals surface area contributed by atoms with Crippen molar-refractivity contribution in [1.29, 1.82) is 0 Å². The van der Waals surface area contributed by atoms with E-state index >= 15 is 0 Å². The van der Waals surface area contributed by atoms with E-state index in [1.807, 2.05) is 54.6 Å². The van der Waals surface area contributed by atoms with Crippen LogP contribution in [0, 0.1) is 5.41 Å². The quantitative estimate of drug-likeness (QED) is 0.381. The van der Waals surface area contributed by atoms with E-state index in [4.69, 9.17) is 18.9 Å². The molecule has 2 atom stereocenters. The third-order valence-corrected chi connectivity index (χ3v) is 7.44. The largest absolute Gasteiger partial charge is 0.496 e. The third-order valence-electron chi connectivity index (χ3n) is 7.44. The smallest absolute Gasteiger partial charge is 0.310 e. The molecule has 0 aromatic heterocycles. The maximum atomic E-state index is 13.1. The lowest BCUT2D eigenvalue weighted by atomic mass is 9.69. The Balaban J connectivity index is 1.76. The van der Waals surface area contributed by atoms with E-state index in [9.17, 15) is 15.0 Å². The monoisotopic (exact) mass is 504 g/mol. The Morgan fingerprint density at radius 1 is 1.08 bits per heavy atom. The predicted molar refractivity (Wildman–Crippen MR) is 139 cm³/mol. The Morgan fingerprint density at radius 2 is 1.89 bits per heavy atom. The van der Waals surface area contributed by atoms with Crippen molar-refractivity contribution in [2.24, 2.45) is 5.41 Å². The summed E-state index contributed by atoms with van der Waals surface area (Å²) in [5.41, 5.74) is 3.28. The first-order valence-electron chi connectivity index (χ1n) is 12.7. The molecule has 7 nitrogen and oxygen atoms in total. The number of aliphatic hydroxyl groups is 1. The summed E-state index contributed by atoms with van der Waals surface area (Å²) in [7, 11) is 1.63. The summed E-state index contributed by atoms with van der Waals surface area (Å²) in [5.74, 6) is 1.33. The van der Waals surface area contributed by atoms with E-state index in [0.717, 1.165) is 34.2 Å². The Bertz CT molecular complexity index is 1300. The molecule has 0 bridgehead atoms. The van der Waals surface area contributed by atoms with Crippen LogP contribution in [0.2, 0.25) is 0 Å². The van der Waals surface area contributed by atoms with Gasteiger partial charge in [-0.25, -0.2) is 0 Å². The number of hydrogen-bond acceptors (Lipinski definition) is 6. The van der Waals surface area contributed by atoms with E-state index in [1.54, 1.807) is 7.11 Å². The lowest BCUT2D eigenvalue weighted by Gasteiger charge is -2.32. The molecule has 1 aliphatic heterocycles. The molecular formula is C30H32O7. The molecule has 194 valence electrons. The number of hydrogen-bond donors (Lipinski definition) is 2. The lowest BCUT2D eigenvalue weighted by molar-refractivity contribution is -0.150. The van der Waals surface area contributed by atoms with Crippen LogP contribution >= 0.6 is 0 Å². The van der Waals surface area contributed by atoms with Crippen molar-refractivity contribution in [2.75, 3.05) is 27.1 Å². The second kappa shape index (κ2) is 10.3. The average molecular weight is 505 g/mol. The van der Waals surface area contributed by atoms with Crippen LogP contribution in [-0.4, -0.2) is 43.3 Å². The molecule has 37 heavy (non-hydrogen) atoms. The number of rotatable bonds is 10. The minimum absolute atomic E-state index is 0.0799. The summed E-state index contributed by atoms with van der Waals surface area (Å²) in [6.07, 6.45) is 1.85. The Morgan fingerprint density at radius 3 is 2.65 bits per heavy atom. The van der Waals surface area contributed by atoms with Crippen LogP contribution in [0.5, 0.6) is 23.0 Å². The van der Waals surface area contributed by atoms with Gasteiger partial charge in [-0.05, 0) is 66.6 Å². The van der Waals surface area contributed by atoms with Crippen molar-refractivity contribution in [1.82, 2.24) is 0 Å². The Kier molecular flexibility index (Phi) is 6.98. The van der Waals surface area contributed by atoms with Crippen LogP contribution in [-0.2, 0) is 11.2 Å². The number of ether oxygens (including phenoxy) is 4. The molecule has 2 N–H and O–H groups in total. The molecule has 5 rings (SSSR count). The molecule has 0 saturated heterocycles. The van der Waals surface area contributed by atoms with Gasteiger partial charge in [-0.15, -0.1) is 0 Å². The zero-order valence-corrected chi connectivity index (χ0v) is 21.2. The standard InChI is InChI=1S/C30H32O7/c1-3-15-35-25-12-10-20-22(27(25)21-7-4-5-8-23(21)34-2)17-30(29(32)33,13-6-14-31)28(20)19-9-11-24-26(16-19)37-18-36-24/h4-5,7-12,16,28,31H,3,6,13-15,17-18H2,1-2H3,(H,32,33). The van der Waals surface area contributed by atoms with E-state index < -0.39 is 17.3 Å². The van der Waals surface area contributed by atoms with Crippen molar-refractivity contribution in [2.45, 2.75) is 38.5 Å². The highest BCUT2D eigenvalue weighted by Crippen LogP contribution is 2.58. The van der Waals surface area contributed by atoms with E-state index in [1.165, 1.54) is 0 Å². The van der Waals surface area contributed by atoms with Gasteiger partial charge in [-0.2, -0.15) is 0 Å². The van der Waals surface area contributed by atoms with Crippen LogP contribution < -0.4 is 18.9 Å². The number of aliphatic carboxylic acids is 1. The van der Waals surface area contributed by atoms with Crippen molar-refractivity contribution >= 4 is 5.97 Å². The fourth-order valence-corrected chi connectivity index (χ4v) is 5.82. The van der Waals surface area contributed by atoms with Crippen LogP contribution in [0.4, 0.5) is 0 Å². The molecular weight excluding hydrogens is 472 g/mol. The topological polar surface area (TPSA) is 94.5 Å². The number of carboxylic acid groups (broad SMARTS) is 1. The fraction of sp³-hybridized carbons (Fsp3) is 0.367. The molecule has 1 aliphatic carbocycles. The predicted octanol–water partition coefficient (Wildman–Crippen LogP) is 5.41. The Hall–Kier alpha value is -3.71. The second-order valence-electron chi connectivity index (χ2n) is 9.57. The highest BCUT2D eigenvalue weighted by Gasteiger charge is 2.53. The first-order chi connectivity index (χ1) is 18.0. The maximum absolute atomic E-state index is 13.1. The molecule has 3 aromatic carbocycles. The minimum Gasteiger partial charge on any atom is -0.496 e. The SMILES string of the molecule is CCCOc1ccc2c(c1-c1ccccc1OC)CC(CCCO)(C(=O)O)C2c1ccc2c(c1)OCO2. The summed E-state index contributed by atoms with van der Waals surface area (Å²) in [4.78, 5) is 13.1. The van der Waals surface area contributed by atoms with Gasteiger partial charge >= 0.3 is 5.97 Å². The molecule has 3 aromatic rings. The number of fused-ring (bicyclic) bond motifs is 2. The summed E-state index contributed by atoms with van der Waals surface area (Å²) < 4.78 is 23.0. The van der Waals surface area contributed by atoms with E-state index in [-0.39, 0.29) is 13.4 Å². The normalized spacial score (nSPS) is 19.5. The van der Waals surface area contributed by atoms with Gasteiger partial charge in [0.05, 0.1) is 19.1 Å². The molecule has 0 amide bonds. The first kappa shape index (κ1) is 25.0. The maximum Gasteiger partial charge on any atom is 0.310 e. The van der Waals surface area contributed by atoms with Crippen molar-refractivity contribution in [3.05, 3.63) is 71.3 Å². The molecule has 0 fully saturated rings. The molecule has 2 unspecified atom stereocenters. The molecule has 0 saturated carbocycles. The number of carbonyl (C=O) groups is 1. The van der Waals surface area contributed by atoms with Crippen LogP contribution in [0.1, 0.15) is 48.8 Å². The van der Waals surface area contributed by atoms with Crippen molar-refractivity contribution in [3.63, 3.8) is 0 Å². The number of aliphatic hydroxyl groups excluding tert-OH is 1. The second-order valence-corrected chi connectivity index (χ2v) is 9.57. The lowest BCUT2D eigenvalue weighted by Crippen LogP contribution is -2.36. The average Bonchev–Trinajstić information content (AvgIpc) is 3.52. The van der Waals surface area contributed by atoms with Crippen LogP contribution in [0.3, 0.4) is 0 Å². The fourth-order valence-electron chi connectivity index (χ4n) is 5.82. The van der Waals surface area contributed by atoms with Gasteiger partial charge in [0.25, 0.3) is 0 Å². The summed E-state index contributed by atoms with van der Waals surface area (Å²) in [6, 6.07) is 17.3. The first-order valence-corrected chi connectivity index (χ1v) is 12.7. The zero-order chi connectivity index (χ0) is 26.0. The van der Waals surface area contributed by atoms with Gasteiger partial charge in [-0.3, -0.25) is 4.79 Å². The van der Waals surface area contributed by atoms with Crippen molar-refractivity contribution < 1.29 is 34.0 Å². The summed E-state index contributed by atoms with van der Waals surface area (Å²) in [5, 5.41) is 20.5. The molecule has 0 radical (unpaired) electrons. The van der Waals surface area contributed by atoms with E-state index in [2.05, 4.69) is 6.92 Å². The highest BCUT2D eigenvalue weighted by atomic mass is 16.7. The molecule has 1 heterocycles. The van der Waals surface area contributed by atoms with Crippen molar-refractivity contribution in [3.8, 4) is 34.1 Å². The van der Waals surface area contributed by atoms with Crippen LogP contribution in [0.25, 0.3) is 11.1 Å². The third kappa shape index (κ3) is 4.27.